The van der Waals surface area contributed by atoms with E-state index in [1.54, 1.807) is 0 Å². The van der Waals surface area contributed by atoms with Gasteiger partial charge in [0, 0.05) is 5.54 Å². The highest BCUT2D eigenvalue weighted by atomic mass is 15.0. The maximum atomic E-state index is 5.91. The first-order chi connectivity index (χ1) is 8.60. The molecule has 2 heteroatoms. The molecule has 4 rings (SSSR count). The average molecular weight is 250 g/mol. The Morgan fingerprint density at radius 1 is 1.06 bits per heavy atom. The molecule has 0 saturated heterocycles. The number of nitrogens with two attached hydrogens (primary N) is 1. The summed E-state index contributed by atoms with van der Waals surface area (Å²) in [7, 11) is 0. The second kappa shape index (κ2) is 4.79. The van der Waals surface area contributed by atoms with Crippen molar-refractivity contribution < 1.29 is 0 Å². The molecule has 0 heterocycles. The molecule has 4 fully saturated rings. The van der Waals surface area contributed by atoms with Crippen LogP contribution in [0.2, 0.25) is 0 Å². The summed E-state index contributed by atoms with van der Waals surface area (Å²) < 4.78 is 0. The van der Waals surface area contributed by atoms with Crippen molar-refractivity contribution in [3.8, 4) is 0 Å². The van der Waals surface area contributed by atoms with Crippen molar-refractivity contribution in [2.75, 3.05) is 13.1 Å². The molecule has 1 unspecified atom stereocenters. The van der Waals surface area contributed by atoms with Crippen LogP contribution in [0.4, 0.5) is 0 Å². The summed E-state index contributed by atoms with van der Waals surface area (Å²) in [6.45, 7) is 6.58. The lowest BCUT2D eigenvalue weighted by Crippen LogP contribution is -2.59. The van der Waals surface area contributed by atoms with Crippen LogP contribution in [-0.2, 0) is 0 Å². The summed E-state index contributed by atoms with van der Waals surface area (Å²) >= 11 is 0. The van der Waals surface area contributed by atoms with Gasteiger partial charge in [-0.25, -0.2) is 0 Å². The predicted octanol–water partition coefficient (Wildman–Crippen LogP) is 2.78. The lowest BCUT2D eigenvalue weighted by molar-refractivity contribution is -0.0218. The minimum atomic E-state index is 0.511. The van der Waals surface area contributed by atoms with Crippen molar-refractivity contribution in [1.29, 1.82) is 0 Å². The van der Waals surface area contributed by atoms with Crippen LogP contribution in [0.5, 0.6) is 0 Å². The molecular weight excluding hydrogens is 220 g/mol. The van der Waals surface area contributed by atoms with Crippen LogP contribution >= 0.6 is 0 Å². The zero-order valence-electron chi connectivity index (χ0n) is 12.1. The minimum absolute atomic E-state index is 0.511. The molecule has 4 bridgehead atoms. The topological polar surface area (TPSA) is 38.0 Å². The summed E-state index contributed by atoms with van der Waals surface area (Å²) in [5.41, 5.74) is 6.42. The number of rotatable bonds is 5. The van der Waals surface area contributed by atoms with E-state index in [1.165, 1.54) is 38.5 Å². The van der Waals surface area contributed by atoms with E-state index in [1.807, 2.05) is 0 Å². The second-order valence-corrected chi connectivity index (χ2v) is 7.82. The van der Waals surface area contributed by atoms with Gasteiger partial charge < -0.3 is 11.1 Å². The predicted molar refractivity (Wildman–Crippen MR) is 76.3 cm³/mol. The van der Waals surface area contributed by atoms with Gasteiger partial charge >= 0.3 is 0 Å². The van der Waals surface area contributed by atoms with Crippen LogP contribution in [-0.4, -0.2) is 18.6 Å². The summed E-state index contributed by atoms with van der Waals surface area (Å²) in [6.07, 6.45) is 8.96. The Balaban J connectivity index is 1.62. The smallest absolute Gasteiger partial charge is 0.0189 e. The molecule has 3 N–H and O–H groups in total. The third-order valence-electron chi connectivity index (χ3n) is 6.02. The van der Waals surface area contributed by atoms with Gasteiger partial charge in [0.25, 0.3) is 0 Å². The SMILES string of the molecule is CC(C)C(CN)CNC12CC3CC(CC(C3)C1)C2. The summed E-state index contributed by atoms with van der Waals surface area (Å²) in [4.78, 5) is 0. The highest BCUT2D eigenvalue weighted by Gasteiger charge is 2.50. The Kier molecular flexibility index (Phi) is 3.44. The number of hydrogen-bond acceptors (Lipinski definition) is 2. The Labute approximate surface area is 112 Å². The van der Waals surface area contributed by atoms with Gasteiger partial charge in [-0.2, -0.15) is 0 Å². The largest absolute Gasteiger partial charge is 0.330 e. The van der Waals surface area contributed by atoms with E-state index in [0.717, 1.165) is 30.8 Å². The van der Waals surface area contributed by atoms with Gasteiger partial charge in [0.15, 0.2) is 0 Å². The monoisotopic (exact) mass is 250 g/mol. The maximum Gasteiger partial charge on any atom is 0.0189 e. The molecule has 4 saturated carbocycles. The first-order valence-corrected chi connectivity index (χ1v) is 8.05. The lowest BCUT2D eigenvalue weighted by atomic mass is 9.53. The first-order valence-electron chi connectivity index (χ1n) is 8.05. The first kappa shape index (κ1) is 12.9. The molecule has 4 aliphatic rings. The Morgan fingerprint density at radius 3 is 1.94 bits per heavy atom. The zero-order valence-corrected chi connectivity index (χ0v) is 12.1. The van der Waals surface area contributed by atoms with Crippen molar-refractivity contribution in [2.45, 2.75) is 57.9 Å². The average Bonchev–Trinajstić information content (AvgIpc) is 2.27. The normalized spacial score (nSPS) is 43.7. The molecule has 0 spiro atoms. The van der Waals surface area contributed by atoms with Crippen molar-refractivity contribution in [1.82, 2.24) is 5.32 Å². The second-order valence-electron chi connectivity index (χ2n) is 7.82. The van der Waals surface area contributed by atoms with E-state index >= 15 is 0 Å². The highest BCUT2D eigenvalue weighted by Crippen LogP contribution is 2.55. The van der Waals surface area contributed by atoms with Crippen LogP contribution in [0.15, 0.2) is 0 Å². The zero-order chi connectivity index (χ0) is 12.8. The highest BCUT2D eigenvalue weighted by molar-refractivity contribution is 5.06. The molecular formula is C16H30N2. The van der Waals surface area contributed by atoms with E-state index < -0.39 is 0 Å². The number of nitrogens with one attached hydrogen (secondary N) is 1. The van der Waals surface area contributed by atoms with Crippen LogP contribution < -0.4 is 11.1 Å². The maximum absolute atomic E-state index is 5.91. The lowest BCUT2D eigenvalue weighted by Gasteiger charge is -2.57. The molecule has 0 radical (unpaired) electrons. The fourth-order valence-corrected chi connectivity index (χ4v) is 5.27. The number of hydrogen-bond donors (Lipinski definition) is 2. The van der Waals surface area contributed by atoms with Gasteiger partial charge in [0.1, 0.15) is 0 Å². The molecule has 104 valence electrons. The Hall–Kier alpha value is -0.0800. The standard InChI is InChI=1S/C16H30N2/c1-11(2)15(9-17)10-18-16-6-12-3-13(7-16)5-14(4-12)8-16/h11-15,18H,3-10,17H2,1-2H3. The van der Waals surface area contributed by atoms with Gasteiger partial charge in [-0.3, -0.25) is 0 Å². The van der Waals surface area contributed by atoms with E-state index in [9.17, 15) is 0 Å². The quantitative estimate of drug-likeness (QED) is 0.787. The summed E-state index contributed by atoms with van der Waals surface area (Å²) in [6, 6.07) is 0. The van der Waals surface area contributed by atoms with Crippen molar-refractivity contribution in [2.24, 2.45) is 35.3 Å². The van der Waals surface area contributed by atoms with Gasteiger partial charge in [-0.05, 0) is 81.2 Å². The molecule has 0 aromatic heterocycles. The Morgan fingerprint density at radius 2 is 1.56 bits per heavy atom. The summed E-state index contributed by atoms with van der Waals surface area (Å²) in [5.74, 6) is 4.48. The molecule has 4 aliphatic carbocycles. The molecule has 18 heavy (non-hydrogen) atoms. The fourth-order valence-electron chi connectivity index (χ4n) is 5.27. The van der Waals surface area contributed by atoms with E-state index in [2.05, 4.69) is 19.2 Å². The van der Waals surface area contributed by atoms with E-state index in [-0.39, 0.29) is 0 Å². The van der Waals surface area contributed by atoms with E-state index in [4.69, 9.17) is 5.73 Å². The van der Waals surface area contributed by atoms with Crippen molar-refractivity contribution >= 4 is 0 Å². The van der Waals surface area contributed by atoms with E-state index in [0.29, 0.717) is 17.4 Å². The van der Waals surface area contributed by atoms with Crippen LogP contribution in [0.25, 0.3) is 0 Å². The molecule has 0 amide bonds. The summed E-state index contributed by atoms with van der Waals surface area (Å²) in [5, 5.41) is 3.98. The van der Waals surface area contributed by atoms with Gasteiger partial charge in [-0.15, -0.1) is 0 Å². The van der Waals surface area contributed by atoms with Crippen LogP contribution in [0.1, 0.15) is 52.4 Å². The third-order valence-corrected chi connectivity index (χ3v) is 6.02. The fraction of sp³-hybridized carbons (Fsp3) is 1.00. The molecule has 0 aromatic rings. The molecule has 0 aromatic carbocycles. The molecule has 2 nitrogen and oxygen atoms in total. The van der Waals surface area contributed by atoms with Crippen molar-refractivity contribution in [3.63, 3.8) is 0 Å². The molecule has 1 atom stereocenters. The van der Waals surface area contributed by atoms with Gasteiger partial charge in [0.05, 0.1) is 0 Å². The van der Waals surface area contributed by atoms with Gasteiger partial charge in [0.2, 0.25) is 0 Å². The van der Waals surface area contributed by atoms with Crippen LogP contribution in [0, 0.1) is 29.6 Å². The minimum Gasteiger partial charge on any atom is -0.330 e. The van der Waals surface area contributed by atoms with Gasteiger partial charge in [-0.1, -0.05) is 13.8 Å². The molecule has 0 aliphatic heterocycles. The third kappa shape index (κ3) is 2.34. The Bertz CT molecular complexity index is 262. The van der Waals surface area contributed by atoms with Crippen molar-refractivity contribution in [3.05, 3.63) is 0 Å². The van der Waals surface area contributed by atoms with Crippen LogP contribution in [0.3, 0.4) is 0 Å².